The summed E-state index contributed by atoms with van der Waals surface area (Å²) in [5.74, 6) is 3.29. The molecule has 17 aromatic rings. The molecular weight excluding hydrogens is 2330 g/mol. The lowest BCUT2D eigenvalue weighted by molar-refractivity contribution is -0.115. The summed E-state index contributed by atoms with van der Waals surface area (Å²) in [6.45, 7) is 28.9. The number of imidazole rings is 5. The van der Waals surface area contributed by atoms with E-state index in [0.717, 1.165) is 114 Å². The van der Waals surface area contributed by atoms with Crippen molar-refractivity contribution in [1.29, 1.82) is 0 Å². The zero-order valence-corrected chi connectivity index (χ0v) is 94.6. The van der Waals surface area contributed by atoms with Gasteiger partial charge in [0.25, 0.3) is 0 Å². The van der Waals surface area contributed by atoms with E-state index in [4.69, 9.17) is 73.0 Å². The molecule has 0 bridgehead atoms. The molecule has 17 rings (SSSR count). The van der Waals surface area contributed by atoms with Gasteiger partial charge in [0.2, 0.25) is 39.6 Å². The number of amides is 2. The van der Waals surface area contributed by atoms with E-state index >= 15 is 0 Å². The summed E-state index contributed by atoms with van der Waals surface area (Å²) in [7, 11) is -1.51. The molecule has 47 heteroatoms. The van der Waals surface area contributed by atoms with E-state index in [2.05, 4.69) is 305 Å². The number of alkyl halides is 1. The van der Waals surface area contributed by atoms with Crippen LogP contribution in [0.15, 0.2) is 219 Å². The summed E-state index contributed by atoms with van der Waals surface area (Å²) >= 11 is 39.1. The first-order chi connectivity index (χ1) is 70.4. The molecule has 10 heterocycles. The van der Waals surface area contributed by atoms with Gasteiger partial charge in [-0.25, -0.2) is 29.9 Å². The normalized spacial score (nSPS) is 11.4. The Kier molecular flexibility index (Phi) is 49.4. The molecule has 0 spiro atoms. The number of nitrogens with two attached hydrogens (primary N) is 2. The number of carbonyl (C=O) groups is 2. The third kappa shape index (κ3) is 38.6. The molecule has 0 saturated heterocycles. The molecule has 0 aliphatic heterocycles. The maximum absolute atomic E-state index is 11.4. The summed E-state index contributed by atoms with van der Waals surface area (Å²) in [5.41, 5.74) is 26.9. The van der Waals surface area contributed by atoms with Gasteiger partial charge in [0.1, 0.15) is 11.0 Å². The Morgan fingerprint density at radius 3 is 1.16 bits per heavy atom. The maximum Gasteiger partial charge on any atom is 0.488 e. The molecule has 0 saturated carbocycles. The van der Waals surface area contributed by atoms with Crippen LogP contribution in [0.5, 0.6) is 0 Å². The van der Waals surface area contributed by atoms with Crippen molar-refractivity contribution in [3.8, 4) is 11.1 Å². The van der Waals surface area contributed by atoms with E-state index in [1.165, 1.54) is 31.8 Å². The van der Waals surface area contributed by atoms with E-state index in [1.54, 1.807) is 43.5 Å². The summed E-state index contributed by atoms with van der Waals surface area (Å²) in [6, 6.07) is 55.2. The third-order valence-electron chi connectivity index (χ3n) is 20.9. The Balaban J connectivity index is 0.000000195. The first-order valence-corrected chi connectivity index (χ1v) is 52.7. The Labute approximate surface area is 920 Å². The van der Waals surface area contributed by atoms with Crippen molar-refractivity contribution in [1.82, 2.24) is 98.4 Å². The maximum atomic E-state index is 11.4. The number of hydrogen-bond acceptors (Lipinski definition) is 30. The van der Waals surface area contributed by atoms with E-state index < -0.39 is 7.12 Å². The van der Waals surface area contributed by atoms with Crippen molar-refractivity contribution < 1.29 is 35.0 Å². The van der Waals surface area contributed by atoms with Crippen LogP contribution in [0.4, 0.5) is 46.5 Å². The fourth-order valence-electron chi connectivity index (χ4n) is 13.1. The molecule has 2 amide bonds. The predicted molar refractivity (Wildman–Crippen MR) is 615 cm³/mol. The van der Waals surface area contributed by atoms with Crippen molar-refractivity contribution in [3.63, 3.8) is 0 Å². The first kappa shape index (κ1) is 119. The van der Waals surface area contributed by atoms with Crippen LogP contribution in [-0.2, 0) is 42.3 Å². The number of carbonyl (C=O) groups excluding carboxylic acids is 2. The Bertz CT molecular complexity index is 6950. The molecule has 37 nitrogen and oxygen atoms in total. The zero-order valence-electron chi connectivity index (χ0n) is 83.1. The zero-order chi connectivity index (χ0) is 107. The van der Waals surface area contributed by atoms with Gasteiger partial charge in [-0.3, -0.25) is 9.59 Å². The molecule has 10 aromatic heterocycles. The molecule has 3 atom stereocenters. The Hall–Kier alpha value is -11.4. The predicted octanol–water partition coefficient (Wildman–Crippen LogP) is 21.0. The molecule has 0 aliphatic carbocycles. The molecule has 0 radical (unpaired) electrons. The SMILES string of the molecule is CC(=O)Nc1cccc(B(O)O)c1.CC(C)I.CC(C)n1cnc2c(NCc3ccc(Br)cc3)nc(Cl)nc21.CC[C@@H](N)CO.CC[C@H](CO)Nc1nc(NCc2ccc(-c3cccc(NC(C)=O)c3)cc2)c2ncn(C(C)C)c2n1.CC[C@H](CO)Nc1nc(NCc2ccc(Br)cc2)c2ncn(C(C)C)c2n1.Clc1nc(Cl)c2[nH]cnc2n1.Clc1nc(NCc2ccc(Br)cc2)c2[nH]cnc2n1.NCc1ccc(Br)cc1. The highest BCUT2D eigenvalue weighted by Gasteiger charge is 2.22. The topological polar surface area (TPSA) is 523 Å². The lowest BCUT2D eigenvalue weighted by Crippen LogP contribution is -2.29. The number of anilines is 8. The Morgan fingerprint density at radius 2 is 0.782 bits per heavy atom. The molecule has 0 fully saturated rings. The average Bonchev–Trinajstić information content (AvgIpc) is 1.65. The number of aromatic nitrogens is 20. The summed E-state index contributed by atoms with van der Waals surface area (Å²) in [6.07, 6.45) is 10.8. The smallest absolute Gasteiger partial charge is 0.423 e. The first-order valence-electron chi connectivity index (χ1n) is 46.8. The third-order valence-corrected chi connectivity index (χ3v) is 23.8. The van der Waals surface area contributed by atoms with Gasteiger partial charge in [-0.05, 0) is 213 Å². The van der Waals surface area contributed by atoms with Crippen LogP contribution in [0.2, 0.25) is 21.0 Å². The van der Waals surface area contributed by atoms with Crippen molar-refractivity contribution >= 4 is 259 Å². The quantitative estimate of drug-likeness (QED) is 0.00653. The number of benzene rings is 7. The fourth-order valence-corrected chi connectivity index (χ4v) is 14.9. The number of aliphatic hydroxyl groups is 3. The average molecular weight is 2450 g/mol. The lowest BCUT2D eigenvalue weighted by Gasteiger charge is -2.16. The number of fused-ring (bicyclic) bond motifs is 5. The highest BCUT2D eigenvalue weighted by Crippen LogP contribution is 2.32. The van der Waals surface area contributed by atoms with Crippen LogP contribution in [0.1, 0.15) is 155 Å². The number of H-pyrrole nitrogens is 2. The van der Waals surface area contributed by atoms with Gasteiger partial charge in [0.15, 0.2) is 73.2 Å². The van der Waals surface area contributed by atoms with Crippen LogP contribution in [0, 0.1) is 0 Å². The number of nitrogens with one attached hydrogen (secondary N) is 10. The summed E-state index contributed by atoms with van der Waals surface area (Å²) in [5, 5.41) is 70.9. The van der Waals surface area contributed by atoms with E-state index in [0.29, 0.717) is 101 Å². The number of hydrogen-bond donors (Lipinski definition) is 17. The second kappa shape index (κ2) is 60.9. The molecular formula is C100H120BBr4Cl4IN30O7. The second-order valence-corrected chi connectivity index (χ2v) is 41.2. The van der Waals surface area contributed by atoms with Gasteiger partial charge >= 0.3 is 7.12 Å². The van der Waals surface area contributed by atoms with Crippen LogP contribution >= 0.6 is 133 Å². The highest BCUT2D eigenvalue weighted by atomic mass is 127. The van der Waals surface area contributed by atoms with Gasteiger partial charge in [0.05, 0.1) is 63.5 Å². The fraction of sp³-hybridized carbons (Fsp3) is 0.310. The van der Waals surface area contributed by atoms with E-state index in [-0.39, 0.29) is 88.9 Å². The van der Waals surface area contributed by atoms with Gasteiger partial charge < -0.3 is 103 Å². The molecule has 19 N–H and O–H groups in total. The molecule has 0 aliphatic rings. The molecule has 778 valence electrons. The lowest BCUT2D eigenvalue weighted by atomic mass is 9.80. The summed E-state index contributed by atoms with van der Waals surface area (Å²) < 4.78 is 11.1. The van der Waals surface area contributed by atoms with Gasteiger partial charge in [-0.15, -0.1) is 0 Å². The minimum Gasteiger partial charge on any atom is -0.423 e. The van der Waals surface area contributed by atoms with Gasteiger partial charge in [-0.2, -0.15) is 44.9 Å². The van der Waals surface area contributed by atoms with Crippen LogP contribution in [0.3, 0.4) is 0 Å². The standard InChI is InChI=1S/C27H33N7O2.C19H25BrN6O.C15H15BrClN5.C12H9BrClN5.C8H10BNO3.C7H8BrN.C5H2Cl2N4.C4H11NO.C3H7I/c1-5-22(15-35)31-27-32-25(24-26(33-27)34(16-29-24)17(2)3)28-14-19-9-11-20(12-10-19)21-7-6-8-23(13-21)30-18(4)36;1-4-15(10-27)23-19-24-17(21-9-13-5-7-14(20)8-6-13)16-18(25-19)26(11-22-16)12(2)3;1-9(2)22-8-19-12-13(20-15(17)21-14(12)22)18-7-10-3-5-11(16)6-4-10;13-8-3-1-7(2-4-8)5-15-10-9-11(17-6-16-9)19-12(14)18-10;1-6(11)10-8-4-2-3-7(5-8)9(12)13;8-7-3-1-6(5-9)2-4-7;6-3-2-4(9-1-8-2)11-5(7)10-3;1-2-4(5)3-6;1-3(2)4/h6-13,16-17,22,35H,5,14-15H2,1-4H3,(H,30,36)(H2,28,31,32,33);5-8,11-12,15,27H,4,9-10H2,1-3H3,(H2,21,23,24,25);3-6,8-9H,7H2,1-2H3,(H,18,20,21);1-4,6H,5H2,(H2,15,16,17,18,19);2-5,12-13H,1H3,(H,10,11);1-4H,5,9H2;1H,(H,8,9,10,11);4,6H,2-3,5H2,1H3;3H,1-2H3/t22-;15-;;;;;;4-;/m11.....1./s1. The van der Waals surface area contributed by atoms with Crippen molar-refractivity contribution in [2.24, 2.45) is 11.5 Å². The highest BCUT2D eigenvalue weighted by molar-refractivity contribution is 14.1. The largest absolute Gasteiger partial charge is 0.488 e. The molecule has 7 aromatic carbocycles. The second-order valence-electron chi connectivity index (χ2n) is 33.7. The van der Waals surface area contributed by atoms with Crippen molar-refractivity contribution in [2.45, 2.75) is 182 Å². The molecule has 147 heavy (non-hydrogen) atoms. The number of aromatic amines is 2. The van der Waals surface area contributed by atoms with Gasteiger partial charge in [-0.1, -0.05) is 230 Å². The molecule has 0 unspecified atom stereocenters. The minimum absolute atomic E-state index is 0.00414. The minimum atomic E-state index is -1.51. The number of nitrogens with zero attached hydrogens (tertiary/aromatic N) is 18. The monoisotopic (exact) mass is 2450 g/mol. The van der Waals surface area contributed by atoms with E-state index in [1.807, 2.05) is 144 Å². The van der Waals surface area contributed by atoms with Crippen molar-refractivity contribution in [2.75, 3.05) is 62.4 Å². The summed E-state index contributed by atoms with van der Waals surface area (Å²) in [4.78, 5) is 92.1. The van der Waals surface area contributed by atoms with E-state index in [9.17, 15) is 19.8 Å². The van der Waals surface area contributed by atoms with Crippen LogP contribution in [-0.4, -0.2) is 185 Å². The van der Waals surface area contributed by atoms with Crippen LogP contribution in [0.25, 0.3) is 66.9 Å². The Morgan fingerprint density at radius 1 is 0.429 bits per heavy atom. The number of rotatable bonds is 30. The van der Waals surface area contributed by atoms with Crippen LogP contribution < -0.4 is 59.5 Å². The number of halogens is 9. The van der Waals surface area contributed by atoms with Gasteiger partial charge in [0, 0.05) is 104 Å². The number of aliphatic hydroxyl groups excluding tert-OH is 3. The van der Waals surface area contributed by atoms with Crippen molar-refractivity contribution in [3.05, 3.63) is 268 Å².